The van der Waals surface area contributed by atoms with Gasteiger partial charge in [0.05, 0.1) is 0 Å². The van der Waals surface area contributed by atoms with Crippen LogP contribution < -0.4 is 10.1 Å². The Morgan fingerprint density at radius 3 is 3.11 bits per heavy atom. The summed E-state index contributed by atoms with van der Waals surface area (Å²) in [6, 6.07) is 8.83. The quantitative estimate of drug-likeness (QED) is 0.805. The van der Waals surface area contributed by atoms with Gasteiger partial charge >= 0.3 is 0 Å². The van der Waals surface area contributed by atoms with Gasteiger partial charge in [0.25, 0.3) is 0 Å². The van der Waals surface area contributed by atoms with Crippen molar-refractivity contribution in [3.8, 4) is 5.75 Å². The molecule has 1 aliphatic heterocycles. The van der Waals surface area contributed by atoms with Crippen LogP contribution in [0.15, 0.2) is 36.9 Å². The van der Waals surface area contributed by atoms with Crippen molar-refractivity contribution in [3.63, 3.8) is 0 Å². The third-order valence-electron chi connectivity index (χ3n) is 3.18. The fourth-order valence-electron chi connectivity index (χ4n) is 2.32. The third-order valence-corrected chi connectivity index (χ3v) is 3.18. The van der Waals surface area contributed by atoms with E-state index in [-0.39, 0.29) is 0 Å². The SMILES string of the molecule is C=CCOc1ccccc1CN1CCN[C@@H](C)C1. The monoisotopic (exact) mass is 246 g/mol. The molecule has 0 saturated carbocycles. The predicted molar refractivity (Wildman–Crippen MR) is 74.9 cm³/mol. The Labute approximate surface area is 109 Å². The maximum absolute atomic E-state index is 5.69. The maximum atomic E-state index is 5.69. The van der Waals surface area contributed by atoms with Crippen molar-refractivity contribution < 1.29 is 4.74 Å². The number of hydrogen-bond acceptors (Lipinski definition) is 3. The van der Waals surface area contributed by atoms with Gasteiger partial charge in [-0.2, -0.15) is 0 Å². The van der Waals surface area contributed by atoms with Gasteiger partial charge in [0.1, 0.15) is 12.4 Å². The van der Waals surface area contributed by atoms with Crippen LogP contribution in [0.3, 0.4) is 0 Å². The minimum Gasteiger partial charge on any atom is -0.489 e. The molecular weight excluding hydrogens is 224 g/mol. The molecule has 1 aliphatic rings. The fraction of sp³-hybridized carbons (Fsp3) is 0.467. The summed E-state index contributed by atoms with van der Waals surface area (Å²) >= 11 is 0. The summed E-state index contributed by atoms with van der Waals surface area (Å²) in [6.07, 6.45) is 1.78. The number of piperazine rings is 1. The van der Waals surface area contributed by atoms with E-state index in [0.717, 1.165) is 31.9 Å². The molecule has 0 amide bonds. The van der Waals surface area contributed by atoms with E-state index in [1.807, 2.05) is 12.1 Å². The number of benzene rings is 1. The van der Waals surface area contributed by atoms with Crippen LogP contribution in [-0.4, -0.2) is 37.2 Å². The lowest BCUT2D eigenvalue weighted by Crippen LogP contribution is -2.48. The van der Waals surface area contributed by atoms with Crippen LogP contribution >= 0.6 is 0 Å². The van der Waals surface area contributed by atoms with E-state index < -0.39 is 0 Å². The lowest BCUT2D eigenvalue weighted by atomic mass is 10.1. The van der Waals surface area contributed by atoms with Gasteiger partial charge in [-0.3, -0.25) is 4.90 Å². The van der Waals surface area contributed by atoms with Crippen LogP contribution in [0.5, 0.6) is 5.75 Å². The molecule has 0 aromatic heterocycles. The molecule has 1 aromatic rings. The van der Waals surface area contributed by atoms with Gasteiger partial charge in [0.2, 0.25) is 0 Å². The third kappa shape index (κ3) is 3.59. The van der Waals surface area contributed by atoms with Crippen LogP contribution in [0.1, 0.15) is 12.5 Å². The molecule has 0 spiro atoms. The largest absolute Gasteiger partial charge is 0.489 e. The van der Waals surface area contributed by atoms with Gasteiger partial charge in [-0.15, -0.1) is 0 Å². The first-order valence-electron chi connectivity index (χ1n) is 6.57. The standard InChI is InChI=1S/C15H22N2O/c1-3-10-18-15-7-5-4-6-14(15)12-17-9-8-16-13(2)11-17/h3-7,13,16H,1,8-12H2,2H3/t13-/m0/s1. The van der Waals surface area contributed by atoms with Gasteiger partial charge in [0, 0.05) is 37.8 Å². The Bertz CT molecular complexity index is 392. The van der Waals surface area contributed by atoms with E-state index >= 15 is 0 Å². The van der Waals surface area contributed by atoms with Crippen LogP contribution in [0.4, 0.5) is 0 Å². The zero-order valence-corrected chi connectivity index (χ0v) is 11.1. The summed E-state index contributed by atoms with van der Waals surface area (Å²) in [5, 5.41) is 3.46. The van der Waals surface area contributed by atoms with Crippen LogP contribution in [-0.2, 0) is 6.54 Å². The van der Waals surface area contributed by atoms with Crippen molar-refractivity contribution in [2.75, 3.05) is 26.2 Å². The number of rotatable bonds is 5. The van der Waals surface area contributed by atoms with E-state index in [1.54, 1.807) is 6.08 Å². The fourth-order valence-corrected chi connectivity index (χ4v) is 2.32. The molecular formula is C15H22N2O. The summed E-state index contributed by atoms with van der Waals surface area (Å²) in [7, 11) is 0. The molecule has 1 heterocycles. The molecule has 1 fully saturated rings. The highest BCUT2D eigenvalue weighted by molar-refractivity contribution is 5.33. The average molecular weight is 246 g/mol. The van der Waals surface area contributed by atoms with Gasteiger partial charge in [-0.05, 0) is 13.0 Å². The van der Waals surface area contributed by atoms with Crippen molar-refractivity contribution in [3.05, 3.63) is 42.5 Å². The van der Waals surface area contributed by atoms with E-state index in [4.69, 9.17) is 4.74 Å². The summed E-state index contributed by atoms with van der Waals surface area (Å²) < 4.78 is 5.69. The first-order chi connectivity index (χ1) is 8.79. The van der Waals surface area contributed by atoms with Crippen LogP contribution in [0, 0.1) is 0 Å². The second kappa shape index (κ2) is 6.57. The average Bonchev–Trinajstić information content (AvgIpc) is 2.38. The van der Waals surface area contributed by atoms with E-state index in [9.17, 15) is 0 Å². The van der Waals surface area contributed by atoms with E-state index in [1.165, 1.54) is 5.56 Å². The molecule has 98 valence electrons. The summed E-state index contributed by atoms with van der Waals surface area (Å²) in [5.41, 5.74) is 1.26. The second-order valence-corrected chi connectivity index (χ2v) is 4.80. The molecule has 2 rings (SSSR count). The van der Waals surface area contributed by atoms with Gasteiger partial charge in [0.15, 0.2) is 0 Å². The molecule has 0 unspecified atom stereocenters. The van der Waals surface area contributed by atoms with Crippen molar-refractivity contribution in [2.45, 2.75) is 19.5 Å². The second-order valence-electron chi connectivity index (χ2n) is 4.80. The number of ether oxygens (including phenoxy) is 1. The number of nitrogens with zero attached hydrogens (tertiary/aromatic N) is 1. The zero-order valence-electron chi connectivity index (χ0n) is 11.1. The molecule has 3 nitrogen and oxygen atoms in total. The van der Waals surface area contributed by atoms with Gasteiger partial charge < -0.3 is 10.1 Å². The molecule has 0 bridgehead atoms. The summed E-state index contributed by atoms with van der Waals surface area (Å²) in [5.74, 6) is 0.976. The minimum absolute atomic E-state index is 0.564. The lowest BCUT2D eigenvalue weighted by Gasteiger charge is -2.32. The lowest BCUT2D eigenvalue weighted by molar-refractivity contribution is 0.197. The molecule has 3 heteroatoms. The highest BCUT2D eigenvalue weighted by Gasteiger charge is 2.16. The Hall–Kier alpha value is -1.32. The summed E-state index contributed by atoms with van der Waals surface area (Å²) in [4.78, 5) is 2.47. The Morgan fingerprint density at radius 1 is 1.50 bits per heavy atom. The summed E-state index contributed by atoms with van der Waals surface area (Å²) in [6.45, 7) is 10.7. The van der Waals surface area contributed by atoms with Crippen molar-refractivity contribution in [2.24, 2.45) is 0 Å². The van der Waals surface area contributed by atoms with Gasteiger partial charge in [-0.1, -0.05) is 30.9 Å². The Morgan fingerprint density at radius 2 is 2.33 bits per heavy atom. The number of nitrogens with one attached hydrogen (secondary N) is 1. The van der Waals surface area contributed by atoms with Crippen LogP contribution in [0.25, 0.3) is 0 Å². The topological polar surface area (TPSA) is 24.5 Å². The zero-order chi connectivity index (χ0) is 12.8. The molecule has 18 heavy (non-hydrogen) atoms. The Balaban J connectivity index is 2.01. The molecule has 1 saturated heterocycles. The predicted octanol–water partition coefficient (Wildman–Crippen LogP) is 2.05. The van der Waals surface area contributed by atoms with Gasteiger partial charge in [-0.25, -0.2) is 0 Å². The smallest absolute Gasteiger partial charge is 0.124 e. The van der Waals surface area contributed by atoms with E-state index in [2.05, 4.69) is 35.9 Å². The first-order valence-corrected chi connectivity index (χ1v) is 6.57. The van der Waals surface area contributed by atoms with Crippen LogP contribution in [0.2, 0.25) is 0 Å². The van der Waals surface area contributed by atoms with Crippen molar-refractivity contribution in [1.82, 2.24) is 10.2 Å². The minimum atomic E-state index is 0.564. The highest BCUT2D eigenvalue weighted by Crippen LogP contribution is 2.20. The van der Waals surface area contributed by atoms with Crippen molar-refractivity contribution >= 4 is 0 Å². The molecule has 0 radical (unpaired) electrons. The number of hydrogen-bond donors (Lipinski definition) is 1. The maximum Gasteiger partial charge on any atom is 0.124 e. The normalized spacial score (nSPS) is 20.6. The van der Waals surface area contributed by atoms with E-state index in [0.29, 0.717) is 12.6 Å². The molecule has 0 aliphatic carbocycles. The highest BCUT2D eigenvalue weighted by atomic mass is 16.5. The first kappa shape index (κ1) is 13.1. The Kier molecular flexibility index (Phi) is 4.79. The molecule has 1 atom stereocenters. The van der Waals surface area contributed by atoms with Crippen molar-refractivity contribution in [1.29, 1.82) is 0 Å². The molecule has 1 aromatic carbocycles. The molecule has 1 N–H and O–H groups in total. The number of para-hydroxylation sites is 1.